The molecule has 3 amide bonds. The number of urea groups is 1. The molecule has 25 heavy (non-hydrogen) atoms. The van der Waals surface area contributed by atoms with Gasteiger partial charge in [-0.05, 0) is 41.5 Å². The van der Waals surface area contributed by atoms with Crippen molar-refractivity contribution in [3.63, 3.8) is 0 Å². The fourth-order valence-electron chi connectivity index (χ4n) is 2.33. The lowest BCUT2D eigenvalue weighted by Crippen LogP contribution is -2.22. The second-order valence-electron chi connectivity index (χ2n) is 5.30. The predicted molar refractivity (Wildman–Crippen MR) is 88.4 cm³/mol. The number of carbonyl (C=O) groups is 2. The van der Waals surface area contributed by atoms with Crippen molar-refractivity contribution in [2.24, 2.45) is 0 Å². The zero-order chi connectivity index (χ0) is 17.8. The second-order valence-corrected chi connectivity index (χ2v) is 5.30. The van der Waals surface area contributed by atoms with Gasteiger partial charge in [-0.25, -0.2) is 9.18 Å². The predicted octanol–water partition coefficient (Wildman–Crippen LogP) is 2.59. The van der Waals surface area contributed by atoms with Gasteiger partial charge in [0, 0.05) is 0 Å². The first kappa shape index (κ1) is 16.5. The number of methoxy groups -OCH3 is 1. The molecule has 0 aliphatic carbocycles. The maximum Gasteiger partial charge on any atom is 0.326 e. The van der Waals surface area contributed by atoms with E-state index in [0.29, 0.717) is 22.6 Å². The summed E-state index contributed by atoms with van der Waals surface area (Å²) in [5, 5.41) is 4.54. The van der Waals surface area contributed by atoms with Crippen molar-refractivity contribution in [2.45, 2.75) is 6.61 Å². The molecule has 2 aromatic rings. The molecule has 0 radical (unpaired) electrons. The number of nitrogens with one attached hydrogen (secondary N) is 2. The van der Waals surface area contributed by atoms with Crippen LogP contribution in [0.4, 0.5) is 9.18 Å². The Morgan fingerprint density at radius 1 is 1.08 bits per heavy atom. The molecular weight excluding hydrogens is 327 g/mol. The summed E-state index contributed by atoms with van der Waals surface area (Å²) in [5.41, 5.74) is 1.50. The van der Waals surface area contributed by atoms with Crippen LogP contribution >= 0.6 is 0 Å². The zero-order valence-electron chi connectivity index (χ0n) is 13.3. The first-order valence-electron chi connectivity index (χ1n) is 7.44. The molecule has 1 aliphatic heterocycles. The van der Waals surface area contributed by atoms with E-state index in [9.17, 15) is 14.0 Å². The minimum atomic E-state index is -0.557. The van der Waals surface area contributed by atoms with Crippen LogP contribution < -0.4 is 20.1 Å². The molecule has 1 fully saturated rings. The van der Waals surface area contributed by atoms with Crippen LogP contribution in [0.15, 0.2) is 48.2 Å². The fraction of sp³-hybridized carbons (Fsp3) is 0.111. The molecule has 1 heterocycles. The molecule has 1 saturated heterocycles. The van der Waals surface area contributed by atoms with Gasteiger partial charge in [-0.3, -0.25) is 10.1 Å². The Bertz CT molecular complexity index is 864. The van der Waals surface area contributed by atoms with Gasteiger partial charge in [-0.15, -0.1) is 0 Å². The summed E-state index contributed by atoms with van der Waals surface area (Å²) in [6.07, 6.45) is 1.53. The first-order valence-corrected chi connectivity index (χ1v) is 7.44. The maximum atomic E-state index is 13.2. The van der Waals surface area contributed by atoms with E-state index in [2.05, 4.69) is 10.6 Å². The van der Waals surface area contributed by atoms with Crippen molar-refractivity contribution in [1.29, 1.82) is 0 Å². The summed E-state index contributed by atoms with van der Waals surface area (Å²) in [6.45, 7) is 0.188. The van der Waals surface area contributed by atoms with E-state index in [1.165, 1.54) is 25.3 Å². The molecule has 0 spiro atoms. The largest absolute Gasteiger partial charge is 0.493 e. The molecule has 7 heteroatoms. The Labute approximate surface area is 143 Å². The van der Waals surface area contributed by atoms with Crippen LogP contribution in [-0.4, -0.2) is 19.0 Å². The summed E-state index contributed by atoms with van der Waals surface area (Å²) in [5.74, 6) is 0.117. The third-order valence-electron chi connectivity index (χ3n) is 3.50. The van der Waals surface area contributed by atoms with Crippen molar-refractivity contribution in [3.8, 4) is 11.5 Å². The smallest absolute Gasteiger partial charge is 0.326 e. The van der Waals surface area contributed by atoms with Gasteiger partial charge >= 0.3 is 6.03 Å². The quantitative estimate of drug-likeness (QED) is 0.647. The molecule has 2 N–H and O–H groups in total. The lowest BCUT2D eigenvalue weighted by Gasteiger charge is -2.11. The number of hydrogen-bond acceptors (Lipinski definition) is 4. The SMILES string of the molecule is COc1cc(C=C2NC(=O)NC2=O)ccc1OCc1cccc(F)c1. The van der Waals surface area contributed by atoms with E-state index in [4.69, 9.17) is 9.47 Å². The normalized spacial score (nSPS) is 15.0. The molecule has 2 aromatic carbocycles. The number of benzene rings is 2. The average Bonchev–Trinajstić information content (AvgIpc) is 2.91. The number of hydrogen-bond donors (Lipinski definition) is 2. The van der Waals surface area contributed by atoms with Gasteiger partial charge < -0.3 is 14.8 Å². The maximum absolute atomic E-state index is 13.2. The van der Waals surface area contributed by atoms with Crippen molar-refractivity contribution in [1.82, 2.24) is 10.6 Å². The highest BCUT2D eigenvalue weighted by molar-refractivity contribution is 6.14. The molecule has 0 aromatic heterocycles. The van der Waals surface area contributed by atoms with E-state index in [1.54, 1.807) is 30.3 Å². The van der Waals surface area contributed by atoms with Gasteiger partial charge in [-0.1, -0.05) is 18.2 Å². The van der Waals surface area contributed by atoms with E-state index < -0.39 is 11.9 Å². The minimum Gasteiger partial charge on any atom is -0.493 e. The van der Waals surface area contributed by atoms with Crippen LogP contribution in [0.3, 0.4) is 0 Å². The third-order valence-corrected chi connectivity index (χ3v) is 3.50. The Morgan fingerprint density at radius 3 is 2.60 bits per heavy atom. The Morgan fingerprint density at radius 2 is 1.92 bits per heavy atom. The molecule has 1 aliphatic rings. The highest BCUT2D eigenvalue weighted by Crippen LogP contribution is 2.29. The number of amides is 3. The van der Waals surface area contributed by atoms with E-state index in [0.717, 1.165) is 0 Å². The van der Waals surface area contributed by atoms with E-state index >= 15 is 0 Å². The molecule has 3 rings (SSSR count). The molecule has 0 atom stereocenters. The fourth-order valence-corrected chi connectivity index (χ4v) is 2.33. The lowest BCUT2D eigenvalue weighted by atomic mass is 10.1. The number of rotatable bonds is 5. The van der Waals surface area contributed by atoms with Crippen LogP contribution in [0, 0.1) is 5.82 Å². The van der Waals surface area contributed by atoms with Crippen molar-refractivity contribution in [2.75, 3.05) is 7.11 Å². The molecule has 0 unspecified atom stereocenters. The minimum absolute atomic E-state index is 0.153. The third kappa shape index (κ3) is 3.95. The summed E-state index contributed by atoms with van der Waals surface area (Å²) < 4.78 is 24.2. The Hall–Kier alpha value is -3.35. The van der Waals surface area contributed by atoms with Crippen LogP contribution in [0.1, 0.15) is 11.1 Å². The van der Waals surface area contributed by atoms with Gasteiger partial charge in [0.1, 0.15) is 18.1 Å². The Balaban J connectivity index is 1.77. The molecule has 128 valence electrons. The van der Waals surface area contributed by atoms with Gasteiger partial charge in [0.05, 0.1) is 7.11 Å². The molecule has 0 bridgehead atoms. The van der Waals surface area contributed by atoms with E-state index in [-0.39, 0.29) is 18.1 Å². The number of halogens is 1. The van der Waals surface area contributed by atoms with Crippen molar-refractivity contribution >= 4 is 18.0 Å². The first-order chi connectivity index (χ1) is 12.0. The van der Waals surface area contributed by atoms with Gasteiger partial charge in [0.25, 0.3) is 5.91 Å². The monoisotopic (exact) mass is 342 g/mol. The standard InChI is InChI=1S/C18H15FN2O4/c1-24-16-9-11(8-14-17(22)21-18(23)20-14)5-6-15(16)25-10-12-3-2-4-13(19)7-12/h2-9H,10H2,1H3,(H2,20,21,22,23). The van der Waals surface area contributed by atoms with E-state index in [1.807, 2.05) is 0 Å². The van der Waals surface area contributed by atoms with Crippen LogP contribution in [0.5, 0.6) is 11.5 Å². The number of ether oxygens (including phenoxy) is 2. The van der Waals surface area contributed by atoms with Gasteiger partial charge in [0.15, 0.2) is 11.5 Å². The number of imide groups is 1. The molecule has 0 saturated carbocycles. The highest BCUT2D eigenvalue weighted by Gasteiger charge is 2.22. The average molecular weight is 342 g/mol. The Kier molecular flexibility index (Phi) is 4.65. The number of carbonyl (C=O) groups excluding carboxylic acids is 2. The van der Waals surface area contributed by atoms with Crippen LogP contribution in [0.2, 0.25) is 0 Å². The lowest BCUT2D eigenvalue weighted by molar-refractivity contribution is -0.115. The topological polar surface area (TPSA) is 76.7 Å². The van der Waals surface area contributed by atoms with Gasteiger partial charge in [0.2, 0.25) is 0 Å². The highest BCUT2D eigenvalue weighted by atomic mass is 19.1. The summed E-state index contributed by atoms with van der Waals surface area (Å²) >= 11 is 0. The second kappa shape index (κ2) is 7.04. The molecular formula is C18H15FN2O4. The summed E-state index contributed by atoms with van der Waals surface area (Å²) in [7, 11) is 1.49. The summed E-state index contributed by atoms with van der Waals surface area (Å²) in [4.78, 5) is 22.7. The van der Waals surface area contributed by atoms with Crippen LogP contribution in [0.25, 0.3) is 6.08 Å². The van der Waals surface area contributed by atoms with Crippen molar-refractivity contribution < 1.29 is 23.5 Å². The van der Waals surface area contributed by atoms with Crippen LogP contribution in [-0.2, 0) is 11.4 Å². The van der Waals surface area contributed by atoms with Crippen molar-refractivity contribution in [3.05, 3.63) is 65.1 Å². The zero-order valence-corrected chi connectivity index (χ0v) is 13.3. The summed E-state index contributed by atoms with van der Waals surface area (Å²) in [6, 6.07) is 10.6. The van der Waals surface area contributed by atoms with Gasteiger partial charge in [-0.2, -0.15) is 0 Å². The molecule has 6 nitrogen and oxygen atoms in total.